The van der Waals surface area contributed by atoms with Crippen molar-refractivity contribution in [2.75, 3.05) is 5.73 Å². The van der Waals surface area contributed by atoms with Gasteiger partial charge in [0.25, 0.3) is 5.89 Å². The van der Waals surface area contributed by atoms with Crippen molar-refractivity contribution in [2.45, 2.75) is 0 Å². The highest BCUT2D eigenvalue weighted by molar-refractivity contribution is 5.55. The Balaban J connectivity index is 1.99. The number of nitrogens with zero attached hydrogens (tertiary/aromatic N) is 5. The van der Waals surface area contributed by atoms with Crippen molar-refractivity contribution in [1.82, 2.24) is 30.3 Å². The first-order valence-electron chi connectivity index (χ1n) is 4.74. The number of nitrogens with two attached hydrogens (primary N) is 1. The number of hydrogen-bond acceptors (Lipinski definition) is 7. The molecule has 0 aliphatic rings. The van der Waals surface area contributed by atoms with Crippen LogP contribution in [-0.4, -0.2) is 30.3 Å². The van der Waals surface area contributed by atoms with E-state index in [9.17, 15) is 0 Å². The third kappa shape index (κ3) is 1.71. The van der Waals surface area contributed by atoms with Crippen LogP contribution in [-0.2, 0) is 0 Å². The zero-order valence-electron chi connectivity index (χ0n) is 8.53. The Morgan fingerprint density at radius 1 is 1.29 bits per heavy atom. The number of aromatic amines is 1. The molecule has 0 aliphatic carbocycles. The van der Waals surface area contributed by atoms with Gasteiger partial charge in [0.2, 0.25) is 5.82 Å². The second-order valence-electron chi connectivity index (χ2n) is 3.22. The average molecular weight is 229 g/mol. The second-order valence-corrected chi connectivity index (χ2v) is 3.22. The van der Waals surface area contributed by atoms with E-state index in [0.717, 1.165) is 0 Å². The number of aromatic nitrogens is 6. The summed E-state index contributed by atoms with van der Waals surface area (Å²) in [6.07, 6.45) is 4.68. The van der Waals surface area contributed by atoms with Crippen LogP contribution in [0.3, 0.4) is 0 Å². The third-order valence-electron chi connectivity index (χ3n) is 2.05. The van der Waals surface area contributed by atoms with Crippen LogP contribution in [0, 0.1) is 0 Å². The normalized spacial score (nSPS) is 10.6. The molecule has 3 N–H and O–H groups in total. The van der Waals surface area contributed by atoms with Gasteiger partial charge in [0.15, 0.2) is 0 Å². The molecule has 0 amide bonds. The van der Waals surface area contributed by atoms with E-state index < -0.39 is 0 Å². The predicted octanol–water partition coefficient (Wildman–Crippen LogP) is 0.499. The molecule has 3 aromatic rings. The Hall–Kier alpha value is -2.77. The number of nitrogen functional groups attached to an aromatic ring is 1. The molecular formula is C9H7N7O. The molecule has 3 aromatic heterocycles. The molecule has 8 heteroatoms. The van der Waals surface area contributed by atoms with Crippen LogP contribution in [0.15, 0.2) is 29.2 Å². The van der Waals surface area contributed by atoms with Gasteiger partial charge < -0.3 is 10.3 Å². The lowest BCUT2D eigenvalue weighted by molar-refractivity contribution is 0.430. The Kier molecular flexibility index (Phi) is 2.04. The SMILES string of the molecule is Nc1cc(-c2nc(-c3cnccn3)no2)[nH]n1. The van der Waals surface area contributed by atoms with Gasteiger partial charge in [-0.3, -0.25) is 10.1 Å². The van der Waals surface area contributed by atoms with Gasteiger partial charge in [0, 0.05) is 18.5 Å². The van der Waals surface area contributed by atoms with Gasteiger partial charge in [-0.25, -0.2) is 4.98 Å². The summed E-state index contributed by atoms with van der Waals surface area (Å²) < 4.78 is 5.06. The molecular weight excluding hydrogens is 222 g/mol. The van der Waals surface area contributed by atoms with Crippen molar-refractivity contribution in [2.24, 2.45) is 0 Å². The van der Waals surface area contributed by atoms with Crippen molar-refractivity contribution in [3.63, 3.8) is 0 Å². The maximum Gasteiger partial charge on any atom is 0.276 e. The van der Waals surface area contributed by atoms with Crippen LogP contribution in [0.5, 0.6) is 0 Å². The Bertz CT molecular complexity index is 630. The molecule has 0 spiro atoms. The lowest BCUT2D eigenvalue weighted by Crippen LogP contribution is -1.86. The minimum absolute atomic E-state index is 0.301. The molecule has 17 heavy (non-hydrogen) atoms. The van der Waals surface area contributed by atoms with Gasteiger partial charge >= 0.3 is 0 Å². The molecule has 3 heterocycles. The van der Waals surface area contributed by atoms with Gasteiger partial charge in [-0.2, -0.15) is 10.1 Å². The molecule has 0 atom stereocenters. The molecule has 8 nitrogen and oxygen atoms in total. The molecule has 0 bridgehead atoms. The van der Waals surface area contributed by atoms with Gasteiger partial charge in [-0.15, -0.1) is 0 Å². The Labute approximate surface area is 94.9 Å². The summed E-state index contributed by atoms with van der Waals surface area (Å²) in [6.45, 7) is 0. The number of H-pyrrole nitrogens is 1. The third-order valence-corrected chi connectivity index (χ3v) is 2.05. The van der Waals surface area contributed by atoms with Gasteiger partial charge in [-0.05, 0) is 0 Å². The van der Waals surface area contributed by atoms with E-state index in [0.29, 0.717) is 28.9 Å². The summed E-state index contributed by atoms with van der Waals surface area (Å²) in [5.74, 6) is 1.02. The zero-order chi connectivity index (χ0) is 11.7. The Morgan fingerprint density at radius 3 is 2.94 bits per heavy atom. The highest BCUT2D eigenvalue weighted by Gasteiger charge is 2.13. The molecule has 3 rings (SSSR count). The standard InChI is InChI=1S/C9H7N7O/c10-7-3-5(14-15-7)9-13-8(16-17-9)6-4-11-1-2-12-6/h1-4H,(H3,10,14,15). The molecule has 0 aromatic carbocycles. The highest BCUT2D eigenvalue weighted by atomic mass is 16.5. The maximum absolute atomic E-state index is 5.48. The first-order valence-corrected chi connectivity index (χ1v) is 4.74. The largest absolute Gasteiger partial charge is 0.382 e. The fourth-order valence-corrected chi connectivity index (χ4v) is 1.30. The quantitative estimate of drug-likeness (QED) is 0.656. The van der Waals surface area contributed by atoms with E-state index >= 15 is 0 Å². The lowest BCUT2D eigenvalue weighted by atomic mass is 10.4. The lowest BCUT2D eigenvalue weighted by Gasteiger charge is -1.88. The van der Waals surface area contributed by atoms with Crippen molar-refractivity contribution < 1.29 is 4.52 Å². The summed E-state index contributed by atoms with van der Waals surface area (Å²) in [4.78, 5) is 12.1. The van der Waals surface area contributed by atoms with Crippen LogP contribution in [0.1, 0.15) is 0 Å². The molecule has 0 radical (unpaired) electrons. The van der Waals surface area contributed by atoms with Crippen LogP contribution in [0.2, 0.25) is 0 Å². The van der Waals surface area contributed by atoms with Crippen LogP contribution in [0.4, 0.5) is 5.82 Å². The summed E-state index contributed by atoms with van der Waals surface area (Å²) in [5, 5.41) is 10.2. The first kappa shape index (κ1) is 9.46. The van der Waals surface area contributed by atoms with Crippen LogP contribution < -0.4 is 5.73 Å². The fourth-order valence-electron chi connectivity index (χ4n) is 1.30. The Morgan fingerprint density at radius 2 is 2.24 bits per heavy atom. The molecule has 0 saturated heterocycles. The molecule has 0 fully saturated rings. The molecule has 0 saturated carbocycles. The van der Waals surface area contributed by atoms with E-state index in [1.54, 1.807) is 24.7 Å². The maximum atomic E-state index is 5.48. The first-order chi connectivity index (χ1) is 8.33. The average Bonchev–Trinajstić information content (AvgIpc) is 2.98. The van der Waals surface area contributed by atoms with Gasteiger partial charge in [-0.1, -0.05) is 5.16 Å². The van der Waals surface area contributed by atoms with Gasteiger partial charge in [0.05, 0.1) is 6.20 Å². The fraction of sp³-hybridized carbons (Fsp3) is 0. The van der Waals surface area contributed by atoms with E-state index in [1.807, 2.05) is 0 Å². The summed E-state index contributed by atoms with van der Waals surface area (Å²) >= 11 is 0. The van der Waals surface area contributed by atoms with Crippen molar-refractivity contribution in [3.8, 4) is 23.1 Å². The number of nitrogens with one attached hydrogen (secondary N) is 1. The van der Waals surface area contributed by atoms with Gasteiger partial charge in [0.1, 0.15) is 17.2 Å². The summed E-state index contributed by atoms with van der Waals surface area (Å²) in [7, 11) is 0. The molecule has 84 valence electrons. The van der Waals surface area contributed by atoms with Crippen LogP contribution in [0.25, 0.3) is 23.1 Å². The number of anilines is 1. The van der Waals surface area contributed by atoms with E-state index in [-0.39, 0.29) is 0 Å². The smallest absolute Gasteiger partial charge is 0.276 e. The summed E-state index contributed by atoms with van der Waals surface area (Å²) in [6, 6.07) is 1.61. The number of rotatable bonds is 2. The van der Waals surface area contributed by atoms with Crippen molar-refractivity contribution in [1.29, 1.82) is 0 Å². The minimum atomic E-state index is 0.301. The van der Waals surface area contributed by atoms with E-state index in [2.05, 4.69) is 30.3 Å². The summed E-state index contributed by atoms with van der Waals surface area (Å²) in [5.41, 5.74) is 6.58. The highest BCUT2D eigenvalue weighted by Crippen LogP contribution is 2.19. The van der Waals surface area contributed by atoms with Crippen LogP contribution >= 0.6 is 0 Å². The topological polar surface area (TPSA) is 119 Å². The van der Waals surface area contributed by atoms with E-state index in [4.69, 9.17) is 10.3 Å². The zero-order valence-corrected chi connectivity index (χ0v) is 8.53. The molecule has 0 aliphatic heterocycles. The van der Waals surface area contributed by atoms with E-state index in [1.165, 1.54) is 0 Å². The minimum Gasteiger partial charge on any atom is -0.382 e. The number of hydrogen-bond donors (Lipinski definition) is 2. The molecule has 0 unspecified atom stereocenters. The predicted molar refractivity (Wildman–Crippen MR) is 57.3 cm³/mol. The monoisotopic (exact) mass is 229 g/mol. The van der Waals surface area contributed by atoms with Crippen molar-refractivity contribution in [3.05, 3.63) is 24.7 Å². The van der Waals surface area contributed by atoms with Crippen molar-refractivity contribution >= 4 is 5.82 Å². The second kappa shape index (κ2) is 3.67.